The molecule has 0 saturated heterocycles. The Bertz CT molecular complexity index is 792. The summed E-state index contributed by atoms with van der Waals surface area (Å²) in [6.45, 7) is 1.67. The quantitative estimate of drug-likeness (QED) is 0.505. The summed E-state index contributed by atoms with van der Waals surface area (Å²) in [4.78, 5) is 0. The molecule has 0 bridgehead atoms. The number of hydrogen-bond donors (Lipinski definition) is 0. The number of alkyl halides is 3. The zero-order valence-corrected chi connectivity index (χ0v) is 12.2. The van der Waals surface area contributed by atoms with Crippen LogP contribution in [0.25, 0.3) is 11.1 Å². The maximum Gasteiger partial charge on any atom is 0.458 e. The summed E-state index contributed by atoms with van der Waals surface area (Å²) in [5.74, 6) is -2.87. The molecule has 0 saturated carbocycles. The average Bonchev–Trinajstić information content (AvgIpc) is 2.44. The molecule has 126 valence electrons. The Morgan fingerprint density at radius 3 is 1.75 bits per heavy atom. The first-order valence-electron chi connectivity index (χ1n) is 6.69. The Hall–Kier alpha value is -2.49. The molecular formula is C17H9F7. The highest BCUT2D eigenvalue weighted by molar-refractivity contribution is 5.67. The molecule has 0 aromatic heterocycles. The van der Waals surface area contributed by atoms with Crippen molar-refractivity contribution in [2.75, 3.05) is 0 Å². The minimum absolute atomic E-state index is 0.349. The third-order valence-electron chi connectivity index (χ3n) is 3.17. The highest BCUT2D eigenvalue weighted by atomic mass is 19.4. The van der Waals surface area contributed by atoms with Gasteiger partial charge in [-0.15, -0.1) is 0 Å². The van der Waals surface area contributed by atoms with E-state index < -0.39 is 46.1 Å². The van der Waals surface area contributed by atoms with Crippen molar-refractivity contribution in [3.8, 4) is 23.0 Å². The number of halogens is 7. The van der Waals surface area contributed by atoms with Crippen LogP contribution in [0.2, 0.25) is 0 Å². The van der Waals surface area contributed by atoms with Crippen LogP contribution in [0.5, 0.6) is 0 Å². The summed E-state index contributed by atoms with van der Waals surface area (Å²) in [6.07, 6.45) is -4.57. The molecule has 24 heavy (non-hydrogen) atoms. The molecule has 0 aliphatic heterocycles. The Morgan fingerprint density at radius 1 is 0.833 bits per heavy atom. The molecule has 2 rings (SSSR count). The van der Waals surface area contributed by atoms with Crippen molar-refractivity contribution in [2.24, 2.45) is 0 Å². The molecule has 0 aliphatic rings. The lowest BCUT2D eigenvalue weighted by Gasteiger charge is -2.09. The van der Waals surface area contributed by atoms with Crippen LogP contribution in [0.4, 0.5) is 30.7 Å². The van der Waals surface area contributed by atoms with Crippen molar-refractivity contribution in [3.63, 3.8) is 0 Å². The van der Waals surface area contributed by atoms with Gasteiger partial charge < -0.3 is 0 Å². The number of rotatable bonds is 2. The molecule has 0 spiro atoms. The van der Waals surface area contributed by atoms with E-state index >= 15 is 0 Å². The number of aryl methyl sites for hydroxylation is 1. The lowest BCUT2D eigenvalue weighted by Crippen LogP contribution is -2.03. The molecular weight excluding hydrogens is 337 g/mol. The largest absolute Gasteiger partial charge is 0.458 e. The fourth-order valence-electron chi connectivity index (χ4n) is 2.08. The molecule has 0 nitrogen and oxygen atoms in total. The average molecular weight is 346 g/mol. The summed E-state index contributed by atoms with van der Waals surface area (Å²) >= 11 is 0. The van der Waals surface area contributed by atoms with Gasteiger partial charge in [-0.3, -0.25) is 0 Å². The topological polar surface area (TPSA) is 0 Å². The lowest BCUT2D eigenvalue weighted by atomic mass is 9.99. The van der Waals surface area contributed by atoms with Crippen LogP contribution >= 0.6 is 0 Å². The molecule has 2 aromatic carbocycles. The molecule has 0 unspecified atom stereocenters. The number of hydrogen-bond acceptors (Lipinski definition) is 0. The van der Waals surface area contributed by atoms with Crippen molar-refractivity contribution < 1.29 is 30.7 Å². The van der Waals surface area contributed by atoms with Gasteiger partial charge in [-0.2, -0.15) is 13.2 Å². The Balaban J connectivity index is 2.57. The van der Waals surface area contributed by atoms with E-state index in [-0.39, 0.29) is 0 Å². The standard InChI is InChI=1S/C17H9F7/c1-2-9-5-14(20)16(15(21)6-9)10-7-12(18)11(13(19)8-10)3-4-17(22,23)24/h5-8H,2H2,1H3. The molecule has 0 radical (unpaired) electrons. The molecule has 2 aromatic rings. The van der Waals surface area contributed by atoms with E-state index in [2.05, 4.69) is 0 Å². The highest BCUT2D eigenvalue weighted by Gasteiger charge is 2.24. The van der Waals surface area contributed by atoms with Crippen molar-refractivity contribution in [1.29, 1.82) is 0 Å². The SMILES string of the molecule is CCc1cc(F)c(-c2cc(F)c(C#CC(F)(F)F)c(F)c2)c(F)c1. The van der Waals surface area contributed by atoms with Crippen LogP contribution in [-0.2, 0) is 6.42 Å². The van der Waals surface area contributed by atoms with Gasteiger partial charge in [-0.25, -0.2) is 17.6 Å². The van der Waals surface area contributed by atoms with Gasteiger partial charge in [0.05, 0.1) is 11.1 Å². The summed E-state index contributed by atoms with van der Waals surface area (Å²) in [5, 5.41) is 0. The van der Waals surface area contributed by atoms with E-state index in [1.807, 2.05) is 0 Å². The molecule has 0 heterocycles. The van der Waals surface area contributed by atoms with Crippen LogP contribution in [0, 0.1) is 35.1 Å². The smallest absolute Gasteiger partial charge is 0.206 e. The highest BCUT2D eigenvalue weighted by Crippen LogP contribution is 2.30. The fourth-order valence-corrected chi connectivity index (χ4v) is 2.08. The molecule has 0 aliphatic carbocycles. The first-order chi connectivity index (χ1) is 11.1. The second-order valence-electron chi connectivity index (χ2n) is 4.85. The summed E-state index contributed by atoms with van der Waals surface area (Å²) in [7, 11) is 0. The van der Waals surface area contributed by atoms with Crippen molar-refractivity contribution in [3.05, 3.63) is 58.7 Å². The normalized spacial score (nSPS) is 11.2. The minimum Gasteiger partial charge on any atom is -0.206 e. The van der Waals surface area contributed by atoms with Gasteiger partial charge in [-0.1, -0.05) is 12.8 Å². The van der Waals surface area contributed by atoms with Gasteiger partial charge in [0.15, 0.2) is 0 Å². The van der Waals surface area contributed by atoms with Gasteiger partial charge in [0.1, 0.15) is 23.3 Å². The van der Waals surface area contributed by atoms with Crippen molar-refractivity contribution in [2.45, 2.75) is 19.5 Å². The number of benzene rings is 2. The Kier molecular flexibility index (Phi) is 4.88. The van der Waals surface area contributed by atoms with E-state index in [0.717, 1.165) is 18.1 Å². The summed E-state index contributed by atoms with van der Waals surface area (Å²) in [6, 6.07) is 3.12. The Morgan fingerprint density at radius 2 is 1.33 bits per heavy atom. The van der Waals surface area contributed by atoms with Crippen LogP contribution in [0.15, 0.2) is 24.3 Å². The second kappa shape index (κ2) is 6.56. The minimum atomic E-state index is -4.92. The third-order valence-corrected chi connectivity index (χ3v) is 3.17. The monoisotopic (exact) mass is 346 g/mol. The van der Waals surface area contributed by atoms with E-state index in [4.69, 9.17) is 0 Å². The van der Waals surface area contributed by atoms with Crippen molar-refractivity contribution in [1.82, 2.24) is 0 Å². The van der Waals surface area contributed by atoms with Gasteiger partial charge in [0.2, 0.25) is 0 Å². The second-order valence-corrected chi connectivity index (χ2v) is 4.85. The predicted molar refractivity (Wildman–Crippen MR) is 74.0 cm³/mol. The maximum absolute atomic E-state index is 14.0. The van der Waals surface area contributed by atoms with Gasteiger partial charge in [0, 0.05) is 5.92 Å². The van der Waals surface area contributed by atoms with Gasteiger partial charge in [-0.05, 0) is 41.8 Å². The molecule has 0 amide bonds. The third kappa shape index (κ3) is 3.88. The summed E-state index contributed by atoms with van der Waals surface area (Å²) < 4.78 is 91.7. The molecule has 0 N–H and O–H groups in total. The first-order valence-corrected chi connectivity index (χ1v) is 6.69. The van der Waals surface area contributed by atoms with Crippen LogP contribution in [0.1, 0.15) is 18.1 Å². The van der Waals surface area contributed by atoms with Gasteiger partial charge >= 0.3 is 6.18 Å². The van der Waals surface area contributed by atoms with E-state index in [0.29, 0.717) is 24.1 Å². The van der Waals surface area contributed by atoms with E-state index in [9.17, 15) is 30.7 Å². The molecule has 0 fully saturated rings. The molecule has 7 heteroatoms. The van der Waals surface area contributed by atoms with Crippen molar-refractivity contribution >= 4 is 0 Å². The zero-order valence-electron chi connectivity index (χ0n) is 12.2. The van der Waals surface area contributed by atoms with Crippen LogP contribution < -0.4 is 0 Å². The first kappa shape index (κ1) is 17.9. The predicted octanol–water partition coefficient (Wildman–Crippen LogP) is 5.39. The van der Waals surface area contributed by atoms with E-state index in [1.54, 1.807) is 6.92 Å². The lowest BCUT2D eigenvalue weighted by molar-refractivity contribution is -0.0696. The van der Waals surface area contributed by atoms with Crippen LogP contribution in [-0.4, -0.2) is 6.18 Å². The maximum atomic E-state index is 14.0. The van der Waals surface area contributed by atoms with Gasteiger partial charge in [0.25, 0.3) is 0 Å². The Labute approximate surface area is 132 Å². The van der Waals surface area contributed by atoms with Crippen LogP contribution in [0.3, 0.4) is 0 Å². The van der Waals surface area contributed by atoms with E-state index in [1.165, 1.54) is 5.92 Å². The zero-order chi connectivity index (χ0) is 18.1. The fraction of sp³-hybridized carbons (Fsp3) is 0.176. The molecule has 0 atom stereocenters. The summed E-state index contributed by atoms with van der Waals surface area (Å²) in [5.41, 5.74) is -1.91.